The maximum atomic E-state index is 13.0. The molecule has 0 bridgehead atoms. The average Bonchev–Trinajstić information content (AvgIpc) is 3.29. The van der Waals surface area contributed by atoms with Crippen LogP contribution < -0.4 is 9.47 Å². The van der Waals surface area contributed by atoms with Crippen LogP contribution in [0.1, 0.15) is 28.1 Å². The van der Waals surface area contributed by atoms with Crippen molar-refractivity contribution in [2.24, 2.45) is 0 Å². The van der Waals surface area contributed by atoms with Gasteiger partial charge in [-0.15, -0.1) is 11.3 Å². The molecule has 3 rings (SSSR count). The van der Waals surface area contributed by atoms with Crippen LogP contribution in [0.25, 0.3) is 0 Å². The van der Waals surface area contributed by atoms with E-state index in [9.17, 15) is 4.79 Å². The summed E-state index contributed by atoms with van der Waals surface area (Å²) in [7, 11) is 3.19. The Labute approximate surface area is 140 Å². The molecule has 4 nitrogen and oxygen atoms in total. The fourth-order valence-corrected chi connectivity index (χ4v) is 3.35. The van der Waals surface area contributed by atoms with E-state index in [2.05, 4.69) is 17.5 Å². The molecular weight excluding hydrogens is 310 g/mol. The van der Waals surface area contributed by atoms with Crippen LogP contribution in [-0.2, 0) is 6.42 Å². The lowest BCUT2D eigenvalue weighted by molar-refractivity contribution is 0.0742. The molecule has 1 aliphatic carbocycles. The molecule has 0 atom stereocenters. The summed E-state index contributed by atoms with van der Waals surface area (Å²) in [6.45, 7) is 0.749. The predicted octanol–water partition coefficient (Wildman–Crippen LogP) is 3.61. The smallest absolute Gasteiger partial charge is 0.257 e. The molecule has 1 fully saturated rings. The minimum atomic E-state index is 0.0450. The summed E-state index contributed by atoms with van der Waals surface area (Å²) >= 11 is 1.74. The Morgan fingerprint density at radius 1 is 1.26 bits per heavy atom. The van der Waals surface area contributed by atoms with Crippen molar-refractivity contribution in [3.8, 4) is 11.5 Å². The van der Waals surface area contributed by atoms with E-state index in [0.29, 0.717) is 23.1 Å². The zero-order valence-corrected chi connectivity index (χ0v) is 14.3. The number of thiophene rings is 1. The molecule has 122 valence electrons. The number of benzene rings is 1. The van der Waals surface area contributed by atoms with Crippen molar-refractivity contribution in [2.45, 2.75) is 25.3 Å². The number of carbonyl (C=O) groups is 1. The first-order valence-corrected chi connectivity index (χ1v) is 8.66. The highest BCUT2D eigenvalue weighted by Crippen LogP contribution is 2.32. The summed E-state index contributed by atoms with van der Waals surface area (Å²) in [4.78, 5) is 16.3. The van der Waals surface area contributed by atoms with Gasteiger partial charge in [0.25, 0.3) is 5.91 Å². The van der Waals surface area contributed by atoms with Crippen LogP contribution in [0.2, 0.25) is 0 Å². The molecule has 0 unspecified atom stereocenters. The van der Waals surface area contributed by atoms with Crippen molar-refractivity contribution in [1.82, 2.24) is 4.90 Å². The van der Waals surface area contributed by atoms with E-state index in [1.54, 1.807) is 43.8 Å². The van der Waals surface area contributed by atoms with Gasteiger partial charge in [0.1, 0.15) is 11.5 Å². The number of ether oxygens (including phenoxy) is 2. The molecular formula is C18H21NO3S. The second-order valence-corrected chi connectivity index (χ2v) is 6.66. The SMILES string of the molecule is COc1ccc(C(=O)N(CCc2cccs2)C2CC2)c(OC)c1. The molecule has 0 N–H and O–H groups in total. The maximum Gasteiger partial charge on any atom is 0.257 e. The first-order valence-electron chi connectivity index (χ1n) is 7.78. The third-order valence-electron chi connectivity index (χ3n) is 4.07. The highest BCUT2D eigenvalue weighted by Gasteiger charge is 2.33. The van der Waals surface area contributed by atoms with Gasteiger partial charge in [-0.3, -0.25) is 4.79 Å². The summed E-state index contributed by atoms with van der Waals surface area (Å²) in [5.74, 6) is 1.30. The van der Waals surface area contributed by atoms with Gasteiger partial charge in [-0.1, -0.05) is 6.07 Å². The number of carbonyl (C=O) groups excluding carboxylic acids is 1. The summed E-state index contributed by atoms with van der Waals surface area (Å²) < 4.78 is 10.6. The van der Waals surface area contributed by atoms with Crippen molar-refractivity contribution in [1.29, 1.82) is 0 Å². The predicted molar refractivity (Wildman–Crippen MR) is 91.6 cm³/mol. The lowest BCUT2D eigenvalue weighted by Crippen LogP contribution is -2.35. The number of methoxy groups -OCH3 is 2. The van der Waals surface area contributed by atoms with E-state index in [1.165, 1.54) is 4.88 Å². The van der Waals surface area contributed by atoms with Gasteiger partial charge in [-0.2, -0.15) is 0 Å². The summed E-state index contributed by atoms with van der Waals surface area (Å²) in [5, 5.41) is 2.07. The van der Waals surface area contributed by atoms with Crippen LogP contribution in [0.5, 0.6) is 11.5 Å². The number of amides is 1. The number of hydrogen-bond acceptors (Lipinski definition) is 4. The van der Waals surface area contributed by atoms with E-state index in [-0.39, 0.29) is 5.91 Å². The van der Waals surface area contributed by atoms with Crippen LogP contribution in [0.15, 0.2) is 35.7 Å². The van der Waals surface area contributed by atoms with Gasteiger partial charge in [0.2, 0.25) is 0 Å². The molecule has 1 saturated carbocycles. The van der Waals surface area contributed by atoms with Crippen LogP contribution in [-0.4, -0.2) is 37.6 Å². The zero-order chi connectivity index (χ0) is 16.2. The van der Waals surface area contributed by atoms with Gasteiger partial charge < -0.3 is 14.4 Å². The highest BCUT2D eigenvalue weighted by molar-refractivity contribution is 7.09. The average molecular weight is 331 g/mol. The second-order valence-electron chi connectivity index (χ2n) is 5.63. The first kappa shape index (κ1) is 15.9. The van der Waals surface area contributed by atoms with Crippen LogP contribution in [0.4, 0.5) is 0 Å². The topological polar surface area (TPSA) is 38.8 Å². The van der Waals surface area contributed by atoms with E-state index in [4.69, 9.17) is 9.47 Å². The molecule has 0 radical (unpaired) electrons. The Kier molecular flexibility index (Phi) is 4.86. The molecule has 1 aliphatic rings. The minimum Gasteiger partial charge on any atom is -0.497 e. The third kappa shape index (κ3) is 3.67. The summed E-state index contributed by atoms with van der Waals surface area (Å²) in [6.07, 6.45) is 3.08. The van der Waals surface area contributed by atoms with Crippen molar-refractivity contribution < 1.29 is 14.3 Å². The summed E-state index contributed by atoms with van der Waals surface area (Å²) in [5.41, 5.74) is 0.603. The molecule has 2 aromatic rings. The molecule has 0 aliphatic heterocycles. The quantitative estimate of drug-likeness (QED) is 0.778. The first-order chi connectivity index (χ1) is 11.2. The van der Waals surface area contributed by atoms with E-state index < -0.39 is 0 Å². The van der Waals surface area contributed by atoms with Crippen LogP contribution >= 0.6 is 11.3 Å². The molecule has 1 aromatic carbocycles. The molecule has 5 heteroatoms. The normalized spacial score (nSPS) is 13.7. The molecule has 1 heterocycles. The standard InChI is InChI=1S/C18H21NO3S/c1-21-14-7-8-16(17(12-14)22-2)18(20)19(13-5-6-13)10-9-15-4-3-11-23-15/h3-4,7-8,11-13H,5-6,9-10H2,1-2H3. The molecule has 23 heavy (non-hydrogen) atoms. The van der Waals surface area contributed by atoms with Crippen LogP contribution in [0.3, 0.4) is 0 Å². The fourth-order valence-electron chi connectivity index (χ4n) is 2.65. The Bertz CT molecular complexity index is 665. The number of rotatable bonds is 7. The van der Waals surface area contributed by atoms with Crippen molar-refractivity contribution in [3.63, 3.8) is 0 Å². The van der Waals surface area contributed by atoms with Crippen molar-refractivity contribution in [3.05, 3.63) is 46.2 Å². The zero-order valence-electron chi connectivity index (χ0n) is 13.5. The lowest BCUT2D eigenvalue weighted by Gasteiger charge is -2.23. The third-order valence-corrected chi connectivity index (χ3v) is 5.00. The van der Waals surface area contributed by atoms with Gasteiger partial charge in [-0.25, -0.2) is 0 Å². The Morgan fingerprint density at radius 3 is 2.70 bits per heavy atom. The minimum absolute atomic E-state index is 0.0450. The van der Waals surface area contributed by atoms with Crippen LogP contribution in [0, 0.1) is 0 Å². The maximum absolute atomic E-state index is 13.0. The number of hydrogen-bond donors (Lipinski definition) is 0. The van der Waals surface area contributed by atoms with E-state index in [0.717, 1.165) is 25.8 Å². The van der Waals surface area contributed by atoms with Gasteiger partial charge >= 0.3 is 0 Å². The van der Waals surface area contributed by atoms with Gasteiger partial charge in [0.15, 0.2) is 0 Å². The van der Waals surface area contributed by atoms with Gasteiger partial charge in [0.05, 0.1) is 19.8 Å². The monoisotopic (exact) mass is 331 g/mol. The Balaban J connectivity index is 1.78. The summed E-state index contributed by atoms with van der Waals surface area (Å²) in [6, 6.07) is 9.90. The van der Waals surface area contributed by atoms with Crippen molar-refractivity contribution in [2.75, 3.05) is 20.8 Å². The van der Waals surface area contributed by atoms with Crippen molar-refractivity contribution >= 4 is 17.2 Å². The largest absolute Gasteiger partial charge is 0.497 e. The van der Waals surface area contributed by atoms with E-state index in [1.807, 2.05) is 4.90 Å². The lowest BCUT2D eigenvalue weighted by atomic mass is 10.1. The van der Waals surface area contributed by atoms with Gasteiger partial charge in [0, 0.05) is 23.5 Å². The Hall–Kier alpha value is -2.01. The molecule has 1 aromatic heterocycles. The van der Waals surface area contributed by atoms with E-state index >= 15 is 0 Å². The second kappa shape index (κ2) is 7.04. The highest BCUT2D eigenvalue weighted by atomic mass is 32.1. The number of nitrogens with zero attached hydrogens (tertiary/aromatic N) is 1. The van der Waals surface area contributed by atoms with Gasteiger partial charge in [-0.05, 0) is 42.8 Å². The molecule has 0 saturated heterocycles. The fraction of sp³-hybridized carbons (Fsp3) is 0.389. The molecule has 0 spiro atoms. The Morgan fingerprint density at radius 2 is 2.09 bits per heavy atom. The molecule has 1 amide bonds.